The lowest BCUT2D eigenvalue weighted by Crippen LogP contribution is -2.37. The van der Waals surface area contributed by atoms with E-state index in [9.17, 15) is 4.79 Å². The minimum Gasteiger partial charge on any atom is -0.480 e. The number of hydrogen-bond acceptors (Lipinski definition) is 4. The Labute approximate surface area is 106 Å². The second-order valence-electron chi connectivity index (χ2n) is 4.47. The quantitative estimate of drug-likeness (QED) is 0.885. The highest BCUT2D eigenvalue weighted by Gasteiger charge is 2.24. The molecule has 5 nitrogen and oxygen atoms in total. The summed E-state index contributed by atoms with van der Waals surface area (Å²) in [7, 11) is 1.80. The molecule has 5 heteroatoms. The summed E-state index contributed by atoms with van der Waals surface area (Å²) >= 11 is 0. The molecule has 18 heavy (non-hydrogen) atoms. The van der Waals surface area contributed by atoms with E-state index in [2.05, 4.69) is 0 Å². The highest BCUT2D eigenvalue weighted by molar-refractivity contribution is 5.72. The van der Waals surface area contributed by atoms with Crippen LogP contribution < -0.4 is 9.47 Å². The van der Waals surface area contributed by atoms with Crippen molar-refractivity contribution in [3.63, 3.8) is 0 Å². The van der Waals surface area contributed by atoms with Crippen LogP contribution in [0.4, 0.5) is 0 Å². The molecular weight excluding hydrogens is 234 g/mol. The maximum Gasteiger partial charge on any atom is 0.320 e. The monoisotopic (exact) mass is 251 g/mol. The first-order valence-corrected chi connectivity index (χ1v) is 5.85. The molecule has 0 spiro atoms. The number of carboxylic acid groups (broad SMARTS) is 1. The van der Waals surface area contributed by atoms with Crippen molar-refractivity contribution in [2.45, 2.75) is 25.9 Å². The van der Waals surface area contributed by atoms with Gasteiger partial charge in [0.25, 0.3) is 0 Å². The Balaban J connectivity index is 2.18. The van der Waals surface area contributed by atoms with Gasteiger partial charge >= 0.3 is 5.97 Å². The highest BCUT2D eigenvalue weighted by atomic mass is 16.7. The first kappa shape index (κ1) is 12.7. The molecule has 1 heterocycles. The van der Waals surface area contributed by atoms with Crippen molar-refractivity contribution in [2.24, 2.45) is 0 Å². The van der Waals surface area contributed by atoms with E-state index in [1.807, 2.05) is 25.1 Å². The van der Waals surface area contributed by atoms with Gasteiger partial charge in [-0.15, -0.1) is 0 Å². The maximum atomic E-state index is 11.0. The number of fused-ring (bicyclic) bond motifs is 1. The predicted molar refractivity (Wildman–Crippen MR) is 65.8 cm³/mol. The van der Waals surface area contributed by atoms with Gasteiger partial charge in [-0.05, 0) is 38.6 Å². The number of nitrogens with zero attached hydrogens (tertiary/aromatic N) is 1. The van der Waals surface area contributed by atoms with Crippen LogP contribution in [0.5, 0.6) is 11.5 Å². The van der Waals surface area contributed by atoms with E-state index in [1.165, 1.54) is 0 Å². The fourth-order valence-electron chi connectivity index (χ4n) is 1.92. The molecule has 0 saturated heterocycles. The summed E-state index contributed by atoms with van der Waals surface area (Å²) < 4.78 is 10.6. The third-order valence-corrected chi connectivity index (χ3v) is 3.46. The number of carbonyl (C=O) groups is 1. The van der Waals surface area contributed by atoms with Crippen LogP contribution in [-0.2, 0) is 4.79 Å². The summed E-state index contributed by atoms with van der Waals surface area (Å²) in [5.74, 6) is 0.626. The zero-order valence-corrected chi connectivity index (χ0v) is 10.7. The highest BCUT2D eigenvalue weighted by Crippen LogP contribution is 2.35. The summed E-state index contributed by atoms with van der Waals surface area (Å²) in [5.41, 5.74) is 1.01. The van der Waals surface area contributed by atoms with Crippen LogP contribution >= 0.6 is 0 Å². The van der Waals surface area contributed by atoms with Gasteiger partial charge in [-0.1, -0.05) is 6.07 Å². The van der Waals surface area contributed by atoms with Crippen LogP contribution in [0, 0.1) is 0 Å². The van der Waals surface area contributed by atoms with E-state index in [0.29, 0.717) is 0 Å². The van der Waals surface area contributed by atoms with Crippen molar-refractivity contribution >= 4 is 5.97 Å². The maximum absolute atomic E-state index is 11.0. The van der Waals surface area contributed by atoms with Gasteiger partial charge in [-0.2, -0.15) is 0 Å². The Kier molecular flexibility index (Phi) is 3.43. The van der Waals surface area contributed by atoms with E-state index in [1.54, 1.807) is 18.9 Å². The van der Waals surface area contributed by atoms with Crippen molar-refractivity contribution in [2.75, 3.05) is 13.8 Å². The lowest BCUT2D eigenvalue weighted by molar-refractivity contribution is -0.142. The third-order valence-electron chi connectivity index (χ3n) is 3.46. The standard InChI is InChI=1S/C13H17NO4/c1-8(14(3)9(2)13(15)16)10-4-5-11-12(6-10)18-7-17-11/h4-6,8-9H,7H2,1-3H3,(H,15,16). The Morgan fingerprint density at radius 3 is 2.67 bits per heavy atom. The molecule has 0 radical (unpaired) electrons. The summed E-state index contributed by atoms with van der Waals surface area (Å²) in [4.78, 5) is 12.8. The van der Waals surface area contributed by atoms with Crippen molar-refractivity contribution in [1.29, 1.82) is 0 Å². The lowest BCUT2D eigenvalue weighted by atomic mass is 10.1. The van der Waals surface area contributed by atoms with E-state index in [4.69, 9.17) is 14.6 Å². The van der Waals surface area contributed by atoms with Crippen LogP contribution in [0.1, 0.15) is 25.5 Å². The van der Waals surface area contributed by atoms with Crippen LogP contribution in [0.25, 0.3) is 0 Å². The van der Waals surface area contributed by atoms with Crippen LogP contribution in [0.3, 0.4) is 0 Å². The fraction of sp³-hybridized carbons (Fsp3) is 0.462. The average molecular weight is 251 g/mol. The average Bonchev–Trinajstić information content (AvgIpc) is 2.82. The number of aliphatic carboxylic acids is 1. The fourth-order valence-corrected chi connectivity index (χ4v) is 1.92. The van der Waals surface area contributed by atoms with Gasteiger partial charge in [0.15, 0.2) is 11.5 Å². The zero-order valence-electron chi connectivity index (χ0n) is 10.7. The van der Waals surface area contributed by atoms with Gasteiger partial charge in [0.05, 0.1) is 0 Å². The smallest absolute Gasteiger partial charge is 0.320 e. The van der Waals surface area contributed by atoms with Gasteiger partial charge in [-0.3, -0.25) is 9.69 Å². The molecule has 1 N–H and O–H groups in total. The first-order chi connectivity index (χ1) is 8.50. The van der Waals surface area contributed by atoms with Gasteiger partial charge < -0.3 is 14.6 Å². The molecular formula is C13H17NO4. The number of rotatable bonds is 4. The molecule has 2 atom stereocenters. The van der Waals surface area contributed by atoms with Crippen molar-refractivity contribution < 1.29 is 19.4 Å². The zero-order chi connectivity index (χ0) is 13.3. The van der Waals surface area contributed by atoms with Crippen LogP contribution in [-0.4, -0.2) is 35.9 Å². The molecule has 0 amide bonds. The van der Waals surface area contributed by atoms with Gasteiger partial charge in [0.1, 0.15) is 6.04 Å². The lowest BCUT2D eigenvalue weighted by Gasteiger charge is -2.28. The summed E-state index contributed by atoms with van der Waals surface area (Å²) in [6.45, 7) is 3.89. The first-order valence-electron chi connectivity index (χ1n) is 5.85. The molecule has 1 aromatic carbocycles. The summed E-state index contributed by atoms with van der Waals surface area (Å²) in [5, 5.41) is 9.02. The Morgan fingerprint density at radius 2 is 2.00 bits per heavy atom. The number of benzene rings is 1. The Bertz CT molecular complexity index is 460. The predicted octanol–water partition coefficient (Wildman–Crippen LogP) is 1.88. The van der Waals surface area contributed by atoms with Crippen molar-refractivity contribution in [3.8, 4) is 11.5 Å². The molecule has 2 rings (SSSR count). The van der Waals surface area contributed by atoms with Crippen LogP contribution in [0.2, 0.25) is 0 Å². The SMILES string of the molecule is CC(C(=O)O)N(C)C(C)c1ccc2c(c1)OCO2. The van der Waals surface area contributed by atoms with Gasteiger partial charge in [0, 0.05) is 6.04 Å². The molecule has 0 aromatic heterocycles. The molecule has 0 aliphatic carbocycles. The number of hydrogen-bond donors (Lipinski definition) is 1. The largest absolute Gasteiger partial charge is 0.480 e. The van der Waals surface area contributed by atoms with Crippen LogP contribution in [0.15, 0.2) is 18.2 Å². The molecule has 0 bridgehead atoms. The second kappa shape index (κ2) is 4.86. The molecule has 0 fully saturated rings. The van der Waals surface area contributed by atoms with E-state index < -0.39 is 12.0 Å². The minimum absolute atomic E-state index is 0.00870. The van der Waals surface area contributed by atoms with Crippen molar-refractivity contribution in [3.05, 3.63) is 23.8 Å². The second-order valence-corrected chi connectivity index (χ2v) is 4.47. The van der Waals surface area contributed by atoms with Gasteiger partial charge in [-0.25, -0.2) is 0 Å². The summed E-state index contributed by atoms with van der Waals surface area (Å²) in [6.07, 6.45) is 0. The molecule has 1 aromatic rings. The molecule has 0 saturated carbocycles. The Morgan fingerprint density at radius 1 is 1.33 bits per heavy atom. The number of carboxylic acids is 1. The van der Waals surface area contributed by atoms with E-state index in [0.717, 1.165) is 17.1 Å². The third kappa shape index (κ3) is 2.26. The molecule has 2 unspecified atom stereocenters. The molecule has 1 aliphatic rings. The minimum atomic E-state index is -0.829. The van der Waals surface area contributed by atoms with E-state index in [-0.39, 0.29) is 12.8 Å². The van der Waals surface area contributed by atoms with Crippen molar-refractivity contribution in [1.82, 2.24) is 4.90 Å². The summed E-state index contributed by atoms with van der Waals surface area (Å²) in [6, 6.07) is 5.14. The van der Waals surface area contributed by atoms with E-state index >= 15 is 0 Å². The topological polar surface area (TPSA) is 59.0 Å². The number of likely N-dealkylation sites (N-methyl/N-ethyl adjacent to an activating group) is 1. The molecule has 98 valence electrons. The molecule has 1 aliphatic heterocycles. The normalized spacial score (nSPS) is 16.7. The van der Waals surface area contributed by atoms with Gasteiger partial charge in [0.2, 0.25) is 6.79 Å². The Hall–Kier alpha value is -1.75. The number of ether oxygens (including phenoxy) is 2.